The SMILES string of the molecule is CCNC(=NCc1cccc(Cn2cccn2)c1)N1CCC(C(=O)OC)CC1.I. The maximum atomic E-state index is 11.7. The van der Waals surface area contributed by atoms with E-state index in [4.69, 9.17) is 9.73 Å². The van der Waals surface area contributed by atoms with Crippen molar-refractivity contribution in [1.82, 2.24) is 20.0 Å². The van der Waals surface area contributed by atoms with Gasteiger partial charge >= 0.3 is 5.97 Å². The Morgan fingerprint density at radius 1 is 1.28 bits per heavy atom. The number of piperidine rings is 1. The Morgan fingerprint density at radius 2 is 2.03 bits per heavy atom. The fourth-order valence-electron chi connectivity index (χ4n) is 3.49. The number of guanidine groups is 1. The van der Waals surface area contributed by atoms with Gasteiger partial charge in [0.25, 0.3) is 0 Å². The monoisotopic (exact) mass is 511 g/mol. The number of esters is 1. The first-order chi connectivity index (χ1) is 13.7. The lowest BCUT2D eigenvalue weighted by Crippen LogP contribution is -2.46. The molecule has 29 heavy (non-hydrogen) atoms. The van der Waals surface area contributed by atoms with Crippen LogP contribution in [0.2, 0.25) is 0 Å². The normalized spacial score (nSPS) is 15.0. The van der Waals surface area contributed by atoms with Crippen molar-refractivity contribution in [1.29, 1.82) is 0 Å². The number of halogens is 1. The predicted molar refractivity (Wildman–Crippen MR) is 124 cm³/mol. The summed E-state index contributed by atoms with van der Waals surface area (Å²) in [6, 6.07) is 10.4. The van der Waals surface area contributed by atoms with Crippen LogP contribution >= 0.6 is 24.0 Å². The zero-order chi connectivity index (χ0) is 19.8. The van der Waals surface area contributed by atoms with Crippen LogP contribution in [-0.2, 0) is 22.6 Å². The van der Waals surface area contributed by atoms with Crippen molar-refractivity contribution in [3.8, 4) is 0 Å². The third kappa shape index (κ3) is 6.73. The van der Waals surface area contributed by atoms with Crippen molar-refractivity contribution in [2.45, 2.75) is 32.9 Å². The molecule has 0 amide bonds. The molecule has 0 saturated carbocycles. The lowest BCUT2D eigenvalue weighted by atomic mass is 9.97. The van der Waals surface area contributed by atoms with Gasteiger partial charge in [-0.1, -0.05) is 24.3 Å². The first-order valence-electron chi connectivity index (χ1n) is 9.86. The van der Waals surface area contributed by atoms with Gasteiger partial charge in [-0.2, -0.15) is 5.10 Å². The summed E-state index contributed by atoms with van der Waals surface area (Å²) in [4.78, 5) is 18.8. The molecular weight excluding hydrogens is 481 g/mol. The molecule has 0 spiro atoms. The zero-order valence-corrected chi connectivity index (χ0v) is 19.4. The maximum Gasteiger partial charge on any atom is 0.308 e. The Kier molecular flexibility index (Phi) is 9.43. The third-order valence-corrected chi connectivity index (χ3v) is 4.97. The molecule has 158 valence electrons. The highest BCUT2D eigenvalue weighted by Crippen LogP contribution is 2.18. The second kappa shape index (κ2) is 11.8. The van der Waals surface area contributed by atoms with E-state index in [1.54, 1.807) is 6.20 Å². The lowest BCUT2D eigenvalue weighted by molar-refractivity contribution is -0.146. The number of hydrogen-bond acceptors (Lipinski definition) is 4. The molecule has 1 fully saturated rings. The number of rotatable bonds is 6. The van der Waals surface area contributed by atoms with Gasteiger partial charge in [-0.15, -0.1) is 24.0 Å². The number of methoxy groups -OCH3 is 1. The number of aliphatic imine (C=N–C) groups is 1. The van der Waals surface area contributed by atoms with Crippen molar-refractivity contribution in [2.24, 2.45) is 10.9 Å². The number of hydrogen-bond donors (Lipinski definition) is 1. The second-order valence-corrected chi connectivity index (χ2v) is 6.98. The van der Waals surface area contributed by atoms with E-state index >= 15 is 0 Å². The molecule has 1 aromatic heterocycles. The van der Waals surface area contributed by atoms with Gasteiger partial charge in [-0.25, -0.2) is 4.99 Å². The Hall–Kier alpha value is -2.10. The number of nitrogens with zero attached hydrogens (tertiary/aromatic N) is 4. The van der Waals surface area contributed by atoms with Gasteiger partial charge in [0.15, 0.2) is 5.96 Å². The number of ether oxygens (including phenoxy) is 1. The largest absolute Gasteiger partial charge is 0.469 e. The van der Waals surface area contributed by atoms with E-state index in [1.807, 2.05) is 16.9 Å². The van der Waals surface area contributed by atoms with Crippen LogP contribution in [0.1, 0.15) is 30.9 Å². The molecule has 0 aliphatic carbocycles. The van der Waals surface area contributed by atoms with Crippen molar-refractivity contribution >= 4 is 35.9 Å². The number of aromatic nitrogens is 2. The van der Waals surface area contributed by atoms with Gasteiger partial charge in [-0.3, -0.25) is 9.48 Å². The Bertz CT molecular complexity index is 786. The predicted octanol–water partition coefficient (Wildman–Crippen LogP) is 2.90. The van der Waals surface area contributed by atoms with Crippen LogP contribution in [0, 0.1) is 5.92 Å². The molecule has 1 aliphatic heterocycles. The van der Waals surface area contributed by atoms with E-state index in [0.717, 1.165) is 45.0 Å². The van der Waals surface area contributed by atoms with Crippen molar-refractivity contribution in [3.05, 3.63) is 53.9 Å². The average Bonchev–Trinajstić information content (AvgIpc) is 3.24. The molecule has 3 rings (SSSR count). The smallest absolute Gasteiger partial charge is 0.308 e. The van der Waals surface area contributed by atoms with E-state index in [-0.39, 0.29) is 35.9 Å². The summed E-state index contributed by atoms with van der Waals surface area (Å²) in [5, 5.41) is 7.64. The minimum absolute atomic E-state index is 0. The van der Waals surface area contributed by atoms with Gasteiger partial charge in [0, 0.05) is 32.0 Å². The van der Waals surface area contributed by atoms with Crippen LogP contribution in [0.5, 0.6) is 0 Å². The minimum Gasteiger partial charge on any atom is -0.469 e. The molecule has 0 bridgehead atoms. The number of carbonyl (C=O) groups excluding carboxylic acids is 1. The van der Waals surface area contributed by atoms with Crippen LogP contribution in [0.4, 0.5) is 0 Å². The summed E-state index contributed by atoms with van der Waals surface area (Å²) in [5.74, 6) is 0.807. The lowest BCUT2D eigenvalue weighted by Gasteiger charge is -2.33. The fraction of sp³-hybridized carbons (Fsp3) is 0.476. The molecule has 7 nitrogen and oxygen atoms in total. The van der Waals surface area contributed by atoms with Crippen LogP contribution in [-0.4, -0.2) is 53.4 Å². The third-order valence-electron chi connectivity index (χ3n) is 4.97. The maximum absolute atomic E-state index is 11.7. The number of benzene rings is 1. The van der Waals surface area contributed by atoms with Gasteiger partial charge in [-0.05, 0) is 37.0 Å². The molecular formula is C21H30IN5O2. The van der Waals surface area contributed by atoms with Crippen molar-refractivity contribution in [2.75, 3.05) is 26.7 Å². The highest BCUT2D eigenvalue weighted by atomic mass is 127. The first-order valence-corrected chi connectivity index (χ1v) is 9.86. The minimum atomic E-state index is -0.101. The van der Waals surface area contributed by atoms with Gasteiger partial charge in [0.1, 0.15) is 0 Å². The molecule has 1 aliphatic rings. The first kappa shape index (κ1) is 23.2. The average molecular weight is 511 g/mol. The second-order valence-electron chi connectivity index (χ2n) is 6.98. The van der Waals surface area contributed by atoms with Crippen LogP contribution in [0.25, 0.3) is 0 Å². The van der Waals surface area contributed by atoms with Gasteiger partial charge in [0.2, 0.25) is 0 Å². The molecule has 0 unspecified atom stereocenters. The molecule has 2 heterocycles. The fourth-order valence-corrected chi connectivity index (χ4v) is 3.49. The van der Waals surface area contributed by atoms with E-state index in [2.05, 4.69) is 46.5 Å². The number of carbonyl (C=O) groups is 1. The van der Waals surface area contributed by atoms with Crippen LogP contribution in [0.15, 0.2) is 47.7 Å². The van der Waals surface area contributed by atoms with E-state index < -0.39 is 0 Å². The summed E-state index contributed by atoms with van der Waals surface area (Å²) in [6.45, 7) is 5.88. The Balaban J connectivity index is 0.00000300. The molecule has 2 aromatic rings. The zero-order valence-electron chi connectivity index (χ0n) is 17.1. The molecule has 1 saturated heterocycles. The topological polar surface area (TPSA) is 71.8 Å². The number of nitrogens with one attached hydrogen (secondary N) is 1. The molecule has 1 aromatic carbocycles. The highest BCUT2D eigenvalue weighted by molar-refractivity contribution is 14.0. The number of likely N-dealkylation sites (tertiary alicyclic amines) is 1. The van der Waals surface area contributed by atoms with E-state index in [9.17, 15) is 4.79 Å². The van der Waals surface area contributed by atoms with Crippen molar-refractivity contribution in [3.63, 3.8) is 0 Å². The quantitative estimate of drug-likeness (QED) is 0.280. The van der Waals surface area contributed by atoms with Crippen LogP contribution in [0.3, 0.4) is 0 Å². The van der Waals surface area contributed by atoms with Gasteiger partial charge < -0.3 is 15.0 Å². The van der Waals surface area contributed by atoms with Gasteiger partial charge in [0.05, 0.1) is 26.1 Å². The molecule has 8 heteroatoms. The Morgan fingerprint density at radius 3 is 2.69 bits per heavy atom. The molecule has 0 radical (unpaired) electrons. The summed E-state index contributed by atoms with van der Waals surface area (Å²) >= 11 is 0. The molecule has 0 atom stereocenters. The summed E-state index contributed by atoms with van der Waals surface area (Å²) in [7, 11) is 1.46. The van der Waals surface area contributed by atoms with E-state index in [0.29, 0.717) is 6.54 Å². The Labute approximate surface area is 189 Å². The standard InChI is InChI=1S/C21H29N5O2.HI/c1-3-22-21(25-12-8-19(9-13-25)20(27)28-2)23-15-17-6-4-7-18(14-17)16-26-11-5-10-24-26;/h4-7,10-11,14,19H,3,8-9,12-13,15-16H2,1-2H3,(H,22,23);1H. The van der Waals surface area contributed by atoms with Crippen LogP contribution < -0.4 is 5.32 Å². The summed E-state index contributed by atoms with van der Waals surface area (Å²) in [6.07, 6.45) is 5.36. The summed E-state index contributed by atoms with van der Waals surface area (Å²) in [5.41, 5.74) is 2.38. The summed E-state index contributed by atoms with van der Waals surface area (Å²) < 4.78 is 6.79. The molecule has 1 N–H and O–H groups in total. The van der Waals surface area contributed by atoms with Crippen molar-refractivity contribution < 1.29 is 9.53 Å². The van der Waals surface area contributed by atoms with E-state index in [1.165, 1.54) is 18.2 Å². The highest BCUT2D eigenvalue weighted by Gasteiger charge is 2.26.